The number of rotatable bonds is 4. The van der Waals surface area contributed by atoms with Crippen LogP contribution in [-0.4, -0.2) is 33.9 Å². The summed E-state index contributed by atoms with van der Waals surface area (Å²) in [6.45, 7) is 3.46. The van der Waals surface area contributed by atoms with Crippen LogP contribution in [0.5, 0.6) is 5.75 Å². The largest absolute Gasteiger partial charge is 0.508 e. The van der Waals surface area contributed by atoms with Gasteiger partial charge in [0.1, 0.15) is 5.75 Å². The number of fused-ring (bicyclic) bond motifs is 2. The Bertz CT molecular complexity index is 1410. The SMILES string of the molecule is CC(=O)Nc1cc(C(=O)C2CC(C)Nc3cc(O)ccc3N2)ccc1-c1ccc2[nH]ccc2c1. The van der Waals surface area contributed by atoms with Gasteiger partial charge in [0.15, 0.2) is 5.78 Å². The Balaban J connectivity index is 1.50. The van der Waals surface area contributed by atoms with Crippen molar-refractivity contribution in [2.24, 2.45) is 0 Å². The highest BCUT2D eigenvalue weighted by atomic mass is 16.3. The third-order valence-electron chi connectivity index (χ3n) is 6.12. The molecule has 2 heterocycles. The molecule has 7 nitrogen and oxygen atoms in total. The van der Waals surface area contributed by atoms with Crippen LogP contribution in [0.15, 0.2) is 66.9 Å². The lowest BCUT2D eigenvalue weighted by atomic mass is 9.95. The van der Waals surface area contributed by atoms with E-state index in [1.165, 1.54) is 6.92 Å². The zero-order chi connectivity index (χ0) is 23.8. The van der Waals surface area contributed by atoms with Crippen molar-refractivity contribution in [3.63, 3.8) is 0 Å². The molecule has 1 aliphatic heterocycles. The Labute approximate surface area is 197 Å². The van der Waals surface area contributed by atoms with Gasteiger partial charge in [0.25, 0.3) is 0 Å². The number of benzene rings is 3. The molecule has 0 bridgehead atoms. The molecule has 0 fully saturated rings. The van der Waals surface area contributed by atoms with Crippen molar-refractivity contribution >= 4 is 39.7 Å². The van der Waals surface area contributed by atoms with Gasteiger partial charge in [-0.15, -0.1) is 0 Å². The molecule has 3 aromatic carbocycles. The summed E-state index contributed by atoms with van der Waals surface area (Å²) in [5.41, 5.74) is 5.47. The predicted octanol–water partition coefficient (Wildman–Crippen LogP) is 5.37. The first-order valence-electron chi connectivity index (χ1n) is 11.3. The molecule has 172 valence electrons. The third-order valence-corrected chi connectivity index (χ3v) is 6.12. The fourth-order valence-electron chi connectivity index (χ4n) is 4.54. The van der Waals surface area contributed by atoms with Crippen LogP contribution in [0.25, 0.3) is 22.0 Å². The number of hydrogen-bond donors (Lipinski definition) is 5. The molecule has 0 saturated carbocycles. The van der Waals surface area contributed by atoms with Gasteiger partial charge in [-0.25, -0.2) is 0 Å². The first-order valence-corrected chi connectivity index (χ1v) is 11.3. The second-order valence-electron chi connectivity index (χ2n) is 8.79. The molecule has 2 unspecified atom stereocenters. The van der Waals surface area contributed by atoms with Crippen molar-refractivity contribution in [3.05, 3.63) is 72.4 Å². The number of amides is 1. The number of H-pyrrole nitrogens is 1. The number of phenols is 1. The van der Waals surface area contributed by atoms with Gasteiger partial charge in [-0.2, -0.15) is 0 Å². The second kappa shape index (κ2) is 8.59. The number of aromatic nitrogens is 1. The number of hydrogen-bond acceptors (Lipinski definition) is 5. The van der Waals surface area contributed by atoms with Crippen molar-refractivity contribution in [2.75, 3.05) is 16.0 Å². The molecular formula is C27H26N4O3. The number of aromatic hydroxyl groups is 1. The summed E-state index contributed by atoms with van der Waals surface area (Å²) in [7, 11) is 0. The molecule has 0 spiro atoms. The summed E-state index contributed by atoms with van der Waals surface area (Å²) in [5.74, 6) is -0.0973. The average molecular weight is 455 g/mol. The number of ketones is 1. The van der Waals surface area contributed by atoms with Gasteiger partial charge < -0.3 is 26.0 Å². The highest BCUT2D eigenvalue weighted by Gasteiger charge is 2.27. The maximum absolute atomic E-state index is 13.5. The maximum atomic E-state index is 13.5. The number of anilines is 3. The Morgan fingerprint density at radius 1 is 0.971 bits per heavy atom. The van der Waals surface area contributed by atoms with Gasteiger partial charge >= 0.3 is 0 Å². The van der Waals surface area contributed by atoms with E-state index in [1.807, 2.05) is 43.5 Å². The Hall–Kier alpha value is -4.26. The normalized spacial score (nSPS) is 17.2. The van der Waals surface area contributed by atoms with Crippen molar-refractivity contribution in [2.45, 2.75) is 32.4 Å². The number of carbonyl (C=O) groups is 2. The fraction of sp³-hybridized carbons (Fsp3) is 0.185. The predicted molar refractivity (Wildman–Crippen MR) is 136 cm³/mol. The quantitative estimate of drug-likeness (QED) is 0.211. The van der Waals surface area contributed by atoms with E-state index in [0.717, 1.165) is 33.4 Å². The highest BCUT2D eigenvalue weighted by Crippen LogP contribution is 2.34. The molecule has 5 rings (SSSR count). The van der Waals surface area contributed by atoms with Crippen LogP contribution in [-0.2, 0) is 4.79 Å². The van der Waals surface area contributed by atoms with E-state index in [9.17, 15) is 14.7 Å². The van der Waals surface area contributed by atoms with E-state index in [1.54, 1.807) is 24.3 Å². The lowest BCUT2D eigenvalue weighted by molar-refractivity contribution is -0.114. The Morgan fingerprint density at radius 3 is 2.65 bits per heavy atom. The average Bonchev–Trinajstić information content (AvgIpc) is 3.20. The summed E-state index contributed by atoms with van der Waals surface area (Å²) in [5, 5.41) is 20.5. The summed E-state index contributed by atoms with van der Waals surface area (Å²) in [6.07, 6.45) is 2.45. The van der Waals surface area contributed by atoms with Crippen molar-refractivity contribution < 1.29 is 14.7 Å². The minimum absolute atomic E-state index is 0.0201. The van der Waals surface area contributed by atoms with Crippen LogP contribution >= 0.6 is 0 Å². The third kappa shape index (κ3) is 4.20. The molecule has 0 radical (unpaired) electrons. The van der Waals surface area contributed by atoms with Gasteiger partial charge in [0.2, 0.25) is 5.91 Å². The zero-order valence-corrected chi connectivity index (χ0v) is 19.0. The standard InChI is InChI=1S/C27H26N4O3/c1-15-11-26(31-23-8-5-20(33)14-25(23)29-15)27(34)19-3-6-21(24(13-19)30-16(2)32)17-4-7-22-18(12-17)9-10-28-22/h3-10,12-15,26,28-29,31,33H,11H2,1-2H3,(H,30,32). The molecule has 7 heteroatoms. The Morgan fingerprint density at radius 2 is 1.82 bits per heavy atom. The van der Waals surface area contributed by atoms with Crippen molar-refractivity contribution in [1.29, 1.82) is 0 Å². The molecule has 0 aliphatic carbocycles. The van der Waals surface area contributed by atoms with Gasteiger partial charge in [-0.3, -0.25) is 9.59 Å². The van der Waals surface area contributed by atoms with E-state index in [-0.39, 0.29) is 23.5 Å². The molecular weight excluding hydrogens is 428 g/mol. The van der Waals surface area contributed by atoms with Crippen LogP contribution in [0.3, 0.4) is 0 Å². The second-order valence-corrected chi connectivity index (χ2v) is 8.79. The number of phenolic OH excluding ortho intramolecular Hbond substituents is 1. The lowest BCUT2D eigenvalue weighted by Crippen LogP contribution is -2.32. The minimum Gasteiger partial charge on any atom is -0.508 e. The van der Waals surface area contributed by atoms with Gasteiger partial charge in [-0.05, 0) is 60.7 Å². The van der Waals surface area contributed by atoms with Crippen LogP contribution in [0, 0.1) is 0 Å². The van der Waals surface area contributed by atoms with E-state index < -0.39 is 6.04 Å². The molecule has 0 saturated heterocycles. The first kappa shape index (κ1) is 21.6. The van der Waals surface area contributed by atoms with Gasteiger partial charge in [-0.1, -0.05) is 18.2 Å². The molecule has 34 heavy (non-hydrogen) atoms. The van der Waals surface area contributed by atoms with Crippen LogP contribution in [0.4, 0.5) is 17.1 Å². The number of aromatic amines is 1. The van der Waals surface area contributed by atoms with E-state index in [2.05, 4.69) is 27.0 Å². The monoisotopic (exact) mass is 454 g/mol. The molecule has 1 aromatic heterocycles. The lowest BCUT2D eigenvalue weighted by Gasteiger charge is -2.19. The van der Waals surface area contributed by atoms with Gasteiger partial charge in [0.05, 0.1) is 17.4 Å². The minimum atomic E-state index is -0.458. The number of carbonyl (C=O) groups excluding carboxylic acids is 2. The molecule has 1 aliphatic rings. The van der Waals surface area contributed by atoms with E-state index >= 15 is 0 Å². The molecule has 4 aromatic rings. The Kier molecular flexibility index (Phi) is 5.45. The smallest absolute Gasteiger partial charge is 0.221 e. The number of Topliss-reactive ketones (excluding diaryl/α,β-unsaturated/α-hetero) is 1. The van der Waals surface area contributed by atoms with Gasteiger partial charge in [0, 0.05) is 47.6 Å². The summed E-state index contributed by atoms with van der Waals surface area (Å²) >= 11 is 0. The fourth-order valence-corrected chi connectivity index (χ4v) is 4.54. The first-order chi connectivity index (χ1) is 16.4. The maximum Gasteiger partial charge on any atom is 0.221 e. The summed E-state index contributed by atoms with van der Waals surface area (Å²) < 4.78 is 0. The number of nitrogens with one attached hydrogen (secondary N) is 4. The van der Waals surface area contributed by atoms with Crippen molar-refractivity contribution in [1.82, 2.24) is 4.98 Å². The molecule has 1 amide bonds. The highest BCUT2D eigenvalue weighted by molar-refractivity contribution is 6.05. The molecule has 5 N–H and O–H groups in total. The summed E-state index contributed by atoms with van der Waals surface area (Å²) in [6, 6.07) is 18.1. The zero-order valence-electron chi connectivity index (χ0n) is 19.0. The van der Waals surface area contributed by atoms with Crippen LogP contribution in [0.1, 0.15) is 30.6 Å². The van der Waals surface area contributed by atoms with Crippen LogP contribution in [0.2, 0.25) is 0 Å². The van der Waals surface area contributed by atoms with Crippen LogP contribution < -0.4 is 16.0 Å². The topological polar surface area (TPSA) is 106 Å². The summed E-state index contributed by atoms with van der Waals surface area (Å²) in [4.78, 5) is 28.7. The van der Waals surface area contributed by atoms with E-state index in [0.29, 0.717) is 17.7 Å². The van der Waals surface area contributed by atoms with E-state index in [4.69, 9.17) is 0 Å². The van der Waals surface area contributed by atoms with Crippen molar-refractivity contribution in [3.8, 4) is 16.9 Å². The molecule has 2 atom stereocenters.